The van der Waals surface area contributed by atoms with E-state index in [9.17, 15) is 49.5 Å². The van der Waals surface area contributed by atoms with Crippen molar-refractivity contribution >= 4 is 41.5 Å². The Morgan fingerprint density at radius 2 is 1.59 bits per heavy atom. The van der Waals surface area contributed by atoms with Gasteiger partial charge in [0.2, 0.25) is 5.78 Å². The number of fused-ring (bicyclic) bond motifs is 4. The number of nitrogens with two attached hydrogens (primary N) is 2. The molecular weight excluding hydrogens is 961 g/mol. The number of amides is 2. The molecule has 21 heteroatoms. The number of aliphatic hydroxyl groups is 3. The first-order chi connectivity index (χ1) is 35.5. The molecule has 3 aliphatic carbocycles. The van der Waals surface area contributed by atoms with E-state index >= 15 is 0 Å². The second-order valence-electron chi connectivity index (χ2n) is 19.3. The van der Waals surface area contributed by atoms with Gasteiger partial charge in [0.1, 0.15) is 47.9 Å². The van der Waals surface area contributed by atoms with Crippen LogP contribution in [-0.4, -0.2) is 123 Å². The molecule has 5 aliphatic rings. The summed E-state index contributed by atoms with van der Waals surface area (Å²) in [7, 11) is 1.30. The first kappa shape index (κ1) is 51.8. The van der Waals surface area contributed by atoms with E-state index in [0.29, 0.717) is 31.4 Å². The molecule has 9 rings (SSSR count). The second-order valence-corrected chi connectivity index (χ2v) is 19.3. The average molecular weight is 1020 g/mol. The van der Waals surface area contributed by atoms with Crippen molar-refractivity contribution in [3.63, 3.8) is 0 Å². The third-order valence-corrected chi connectivity index (χ3v) is 14.8. The summed E-state index contributed by atoms with van der Waals surface area (Å²) < 4.78 is 28.6. The van der Waals surface area contributed by atoms with Gasteiger partial charge in [-0.15, -0.1) is 0 Å². The fourth-order valence-electron chi connectivity index (χ4n) is 10.8. The lowest BCUT2D eigenvalue weighted by atomic mass is 9.72. The van der Waals surface area contributed by atoms with Crippen LogP contribution >= 0.6 is 0 Å². The van der Waals surface area contributed by atoms with Gasteiger partial charge in [-0.05, 0) is 67.5 Å². The molecule has 1 saturated carbocycles. The van der Waals surface area contributed by atoms with Crippen LogP contribution in [0.2, 0.25) is 0 Å². The summed E-state index contributed by atoms with van der Waals surface area (Å²) in [4.78, 5) is 67.3. The van der Waals surface area contributed by atoms with Gasteiger partial charge in [0.05, 0.1) is 47.8 Å². The molecule has 0 spiro atoms. The average Bonchev–Trinajstić information content (AvgIpc) is 3.40. The van der Waals surface area contributed by atoms with Crippen molar-refractivity contribution in [1.29, 1.82) is 0 Å². The number of carbonyl (C=O) groups excluding carboxylic acids is 5. The molecule has 2 fully saturated rings. The van der Waals surface area contributed by atoms with Gasteiger partial charge < -0.3 is 71.3 Å². The normalized spacial score (nSPS) is 27.2. The summed E-state index contributed by atoms with van der Waals surface area (Å²) >= 11 is 0. The van der Waals surface area contributed by atoms with Gasteiger partial charge in [-0.25, -0.2) is 9.59 Å². The highest BCUT2D eigenvalue weighted by molar-refractivity contribution is 6.31. The van der Waals surface area contributed by atoms with E-state index in [1.54, 1.807) is 24.3 Å². The van der Waals surface area contributed by atoms with Crippen molar-refractivity contribution in [3.05, 3.63) is 117 Å². The maximum absolute atomic E-state index is 14.0. The number of aliphatic hydroxyl groups excluding tert-OH is 2. The SMILES string of the molecule is COc1cccc2c1C(=O)c1c(O)c3c(c(O)c1C2=O)C[C@@](O)(C(=O)CO)C[C@@H]3OC1CC(NC(=O)OCc2ccc(OC(=O)NC3CCC4C(c5ccc(CN)cc5)=NN=CC4CCC3N)cc2)C(O)C(C)O1. The number of Topliss-reactive ketones (excluding diaryl/α,β-unsaturated/α-hetero) is 1. The standard InChI is InChI=1S/C53H58N6O15/c1-25-46(62)36(18-40(72-25)74-38-20-53(69,39(61)23-60)19-33-42(38)50(66)44-43(48(33)64)47(63)32-4-3-5-37(70-2)41(32)49(44)65)58-51(67)71-24-27-8-13-30(14-9-27)73-52(68)57-35-17-15-31-29(12-16-34(35)55)22-56-59-45(31)28-10-6-26(21-54)7-11-28/h3-11,13-14,22,25,29,31,34-36,38,40,46,60,62,64,66,69H,12,15-21,23-24,54-55H2,1-2H3,(H,57,68)(H,58,67)/t25?,29?,31?,34?,35?,36?,38-,40?,46?,53-/m0/s1. The molecule has 10 atom stereocenters. The van der Waals surface area contributed by atoms with Crippen LogP contribution in [0.15, 0.2) is 76.9 Å². The molecule has 8 unspecified atom stereocenters. The number of phenolic OH excluding ortho intramolecular Hbond substituents is 2. The lowest BCUT2D eigenvalue weighted by Crippen LogP contribution is -2.56. The van der Waals surface area contributed by atoms with Gasteiger partial charge in [0, 0.05) is 72.6 Å². The van der Waals surface area contributed by atoms with E-state index in [0.717, 1.165) is 23.3 Å². The summed E-state index contributed by atoms with van der Waals surface area (Å²) in [5.41, 5.74) is 11.6. The molecule has 0 radical (unpaired) electrons. The predicted molar refractivity (Wildman–Crippen MR) is 263 cm³/mol. The molecule has 1 saturated heterocycles. The monoisotopic (exact) mass is 1020 g/mol. The maximum Gasteiger partial charge on any atom is 0.412 e. The van der Waals surface area contributed by atoms with E-state index in [-0.39, 0.29) is 70.7 Å². The third kappa shape index (κ3) is 10.1. The van der Waals surface area contributed by atoms with Crippen LogP contribution in [0.3, 0.4) is 0 Å². The number of hydrogen-bond acceptors (Lipinski definition) is 19. The van der Waals surface area contributed by atoms with Crippen LogP contribution in [0.5, 0.6) is 23.0 Å². The molecule has 4 aromatic rings. The Bertz CT molecular complexity index is 2910. The highest BCUT2D eigenvalue weighted by atomic mass is 16.7. The Labute approximate surface area is 424 Å². The van der Waals surface area contributed by atoms with Gasteiger partial charge in [-0.3, -0.25) is 14.4 Å². The van der Waals surface area contributed by atoms with Gasteiger partial charge in [-0.1, -0.05) is 48.5 Å². The zero-order chi connectivity index (χ0) is 52.6. The molecule has 2 amide bonds. The third-order valence-electron chi connectivity index (χ3n) is 14.8. The van der Waals surface area contributed by atoms with Crippen molar-refractivity contribution in [2.24, 2.45) is 33.5 Å². The van der Waals surface area contributed by atoms with Gasteiger partial charge in [0.15, 0.2) is 17.9 Å². The minimum absolute atomic E-state index is 0.0433. The molecule has 2 aliphatic heterocycles. The highest BCUT2D eigenvalue weighted by Gasteiger charge is 2.50. The molecular formula is C53H58N6O15. The fourth-order valence-corrected chi connectivity index (χ4v) is 10.8. The molecule has 74 heavy (non-hydrogen) atoms. The molecule has 0 bridgehead atoms. The lowest BCUT2D eigenvalue weighted by molar-refractivity contribution is -0.249. The Balaban J connectivity index is 0.818. The van der Waals surface area contributed by atoms with Crippen LogP contribution in [0, 0.1) is 11.8 Å². The number of alkyl carbamates (subject to hydrolysis) is 1. The minimum atomic E-state index is -2.38. The van der Waals surface area contributed by atoms with E-state index in [1.807, 2.05) is 30.5 Å². The first-order valence-corrected chi connectivity index (χ1v) is 24.4. The summed E-state index contributed by atoms with van der Waals surface area (Å²) in [5, 5.41) is 70.5. The summed E-state index contributed by atoms with van der Waals surface area (Å²) in [6, 6.07) is 16.8. The number of ketones is 3. The summed E-state index contributed by atoms with van der Waals surface area (Å²) in [6.07, 6.45) is -3.62. The quantitative estimate of drug-likeness (QED) is 0.0808. The number of rotatable bonds is 12. The number of phenols is 2. The van der Waals surface area contributed by atoms with Gasteiger partial charge in [-0.2, -0.15) is 10.2 Å². The zero-order valence-corrected chi connectivity index (χ0v) is 40.6. The van der Waals surface area contributed by atoms with Crippen molar-refractivity contribution < 1.29 is 73.2 Å². The smallest absolute Gasteiger partial charge is 0.412 e. The molecule has 21 nitrogen and oxygen atoms in total. The highest BCUT2D eigenvalue weighted by Crippen LogP contribution is 2.52. The molecule has 2 heterocycles. The van der Waals surface area contributed by atoms with Crippen LogP contribution in [-0.2, 0) is 38.6 Å². The molecule has 0 aromatic heterocycles. The van der Waals surface area contributed by atoms with E-state index in [4.69, 9.17) is 35.2 Å². The molecule has 390 valence electrons. The van der Waals surface area contributed by atoms with E-state index in [2.05, 4.69) is 20.8 Å². The number of methoxy groups -OCH3 is 1. The number of ether oxygens (including phenoxy) is 5. The summed E-state index contributed by atoms with van der Waals surface area (Å²) in [5.74, 6) is -3.72. The predicted octanol–water partition coefficient (Wildman–Crippen LogP) is 3.51. The topological polar surface area (TPSA) is 333 Å². The van der Waals surface area contributed by atoms with Gasteiger partial charge >= 0.3 is 12.2 Å². The molecule has 11 N–H and O–H groups in total. The maximum atomic E-state index is 14.0. The number of hydrogen-bond donors (Lipinski definition) is 9. The van der Waals surface area contributed by atoms with Crippen molar-refractivity contribution in [2.75, 3.05) is 13.7 Å². The Morgan fingerprint density at radius 3 is 2.31 bits per heavy atom. The number of nitrogens with one attached hydrogen (secondary N) is 2. The largest absolute Gasteiger partial charge is 0.507 e. The first-order valence-electron chi connectivity index (χ1n) is 24.4. The Morgan fingerprint density at radius 1 is 0.878 bits per heavy atom. The fraction of sp³-hybridized carbons (Fsp3) is 0.415. The van der Waals surface area contributed by atoms with Crippen molar-refractivity contribution in [2.45, 2.75) is 113 Å². The van der Waals surface area contributed by atoms with Crippen molar-refractivity contribution in [1.82, 2.24) is 10.6 Å². The minimum Gasteiger partial charge on any atom is -0.507 e. The van der Waals surface area contributed by atoms with Crippen molar-refractivity contribution in [3.8, 4) is 23.0 Å². The zero-order valence-electron chi connectivity index (χ0n) is 40.6. The number of nitrogens with zero attached hydrogens (tertiary/aromatic N) is 2. The van der Waals surface area contributed by atoms with Crippen LogP contribution in [0.1, 0.15) is 111 Å². The molecule has 4 aromatic carbocycles. The summed E-state index contributed by atoms with van der Waals surface area (Å²) in [6.45, 7) is 0.614. The number of benzene rings is 4. The lowest BCUT2D eigenvalue weighted by Gasteiger charge is -2.42. The van der Waals surface area contributed by atoms with Crippen LogP contribution < -0.4 is 31.6 Å². The number of carbonyl (C=O) groups is 5. The van der Waals surface area contributed by atoms with E-state index < -0.39 is 108 Å². The Hall–Kier alpha value is -7.11. The Kier molecular flexibility index (Phi) is 15.0. The van der Waals surface area contributed by atoms with Gasteiger partial charge in [0.25, 0.3) is 0 Å². The number of aromatic hydroxyl groups is 2. The van der Waals surface area contributed by atoms with Crippen LogP contribution in [0.25, 0.3) is 0 Å². The van der Waals surface area contributed by atoms with Crippen LogP contribution in [0.4, 0.5) is 9.59 Å². The van der Waals surface area contributed by atoms with E-state index in [1.165, 1.54) is 32.2 Å². The second kappa shape index (κ2) is 21.4.